The highest BCUT2D eigenvalue weighted by atomic mass is 32.2. The molecule has 1 N–H and O–H groups in total. The fourth-order valence-corrected chi connectivity index (χ4v) is 2.69. The number of rotatable bonds is 4. The van der Waals surface area contributed by atoms with Crippen molar-refractivity contribution in [2.24, 2.45) is 0 Å². The van der Waals surface area contributed by atoms with Gasteiger partial charge in [0.1, 0.15) is 5.75 Å². The van der Waals surface area contributed by atoms with Gasteiger partial charge in [-0.25, -0.2) is 13.2 Å². The number of nitrogens with zero attached hydrogens (tertiary/aromatic N) is 1. The van der Waals surface area contributed by atoms with Crippen LogP contribution < -0.4 is 0 Å². The van der Waals surface area contributed by atoms with Crippen LogP contribution in [0.5, 0.6) is 0 Å². The fraction of sp³-hybridized carbons (Fsp3) is 0.0909. The number of benzene rings is 1. The number of sulfone groups is 1. The van der Waals surface area contributed by atoms with E-state index in [0.717, 1.165) is 6.07 Å². The number of carboxylic acids is 1. The first-order chi connectivity index (χ1) is 8.49. The van der Waals surface area contributed by atoms with E-state index in [1.165, 1.54) is 30.5 Å². The SMILES string of the molecule is O=C(O)c1cccc(S(=O)(=O)Cc2ccno2)c1. The molecule has 6 nitrogen and oxygen atoms in total. The lowest BCUT2D eigenvalue weighted by Crippen LogP contribution is -2.06. The van der Waals surface area contributed by atoms with E-state index >= 15 is 0 Å². The molecule has 0 bridgehead atoms. The van der Waals surface area contributed by atoms with Gasteiger partial charge in [-0.15, -0.1) is 0 Å². The summed E-state index contributed by atoms with van der Waals surface area (Å²) >= 11 is 0. The van der Waals surface area contributed by atoms with Crippen LogP contribution in [0, 0.1) is 0 Å². The maximum atomic E-state index is 12.0. The summed E-state index contributed by atoms with van der Waals surface area (Å²) in [6.07, 6.45) is 1.35. The molecular weight excluding hydrogens is 258 g/mol. The van der Waals surface area contributed by atoms with Gasteiger partial charge in [-0.05, 0) is 18.2 Å². The third-order valence-corrected chi connectivity index (χ3v) is 3.90. The zero-order valence-electron chi connectivity index (χ0n) is 9.11. The van der Waals surface area contributed by atoms with Crippen LogP contribution in [0.1, 0.15) is 16.1 Å². The second kappa shape index (κ2) is 4.61. The molecule has 1 aromatic heterocycles. The molecule has 0 radical (unpaired) electrons. The summed E-state index contributed by atoms with van der Waals surface area (Å²) in [6.45, 7) is 0. The van der Waals surface area contributed by atoms with E-state index in [9.17, 15) is 13.2 Å². The standard InChI is InChI=1S/C11H9NO5S/c13-11(14)8-2-1-3-10(6-8)18(15,16)7-9-4-5-12-17-9/h1-6H,7H2,(H,13,14). The van der Waals surface area contributed by atoms with Gasteiger partial charge in [-0.3, -0.25) is 0 Å². The van der Waals surface area contributed by atoms with Crippen molar-refractivity contribution in [2.45, 2.75) is 10.6 Å². The molecule has 0 aliphatic carbocycles. The maximum absolute atomic E-state index is 12.0. The monoisotopic (exact) mass is 267 g/mol. The van der Waals surface area contributed by atoms with Crippen molar-refractivity contribution >= 4 is 15.8 Å². The van der Waals surface area contributed by atoms with Gasteiger partial charge in [0.2, 0.25) is 0 Å². The Balaban J connectivity index is 2.35. The Morgan fingerprint density at radius 2 is 2.11 bits per heavy atom. The third-order valence-electron chi connectivity index (χ3n) is 2.26. The van der Waals surface area contributed by atoms with Crippen LogP contribution in [0.3, 0.4) is 0 Å². The maximum Gasteiger partial charge on any atom is 0.335 e. The van der Waals surface area contributed by atoms with Crippen molar-refractivity contribution in [3.05, 3.63) is 47.9 Å². The molecule has 0 fully saturated rings. The molecule has 0 aliphatic heterocycles. The average Bonchev–Trinajstić information content (AvgIpc) is 2.81. The Kier molecular flexibility index (Phi) is 3.15. The van der Waals surface area contributed by atoms with E-state index in [1.807, 2.05) is 0 Å². The van der Waals surface area contributed by atoms with Crippen molar-refractivity contribution in [2.75, 3.05) is 0 Å². The summed E-state index contributed by atoms with van der Waals surface area (Å²) in [4.78, 5) is 10.7. The lowest BCUT2D eigenvalue weighted by molar-refractivity contribution is 0.0696. The van der Waals surface area contributed by atoms with Crippen molar-refractivity contribution < 1.29 is 22.8 Å². The Labute approximate surface area is 103 Å². The van der Waals surface area contributed by atoms with Crippen LogP contribution in [-0.2, 0) is 15.6 Å². The molecule has 0 aliphatic rings. The minimum atomic E-state index is -3.64. The van der Waals surface area contributed by atoms with E-state index in [-0.39, 0.29) is 22.0 Å². The molecule has 2 aromatic rings. The number of hydrogen-bond acceptors (Lipinski definition) is 5. The van der Waals surface area contributed by atoms with E-state index < -0.39 is 15.8 Å². The molecule has 18 heavy (non-hydrogen) atoms. The normalized spacial score (nSPS) is 11.3. The summed E-state index contributed by atoms with van der Waals surface area (Å²) in [6, 6.07) is 6.62. The minimum absolute atomic E-state index is 0.0567. The molecule has 94 valence electrons. The highest BCUT2D eigenvalue weighted by molar-refractivity contribution is 7.90. The molecule has 1 aromatic carbocycles. The molecule has 0 atom stereocenters. The van der Waals surface area contributed by atoms with E-state index in [2.05, 4.69) is 5.16 Å². The van der Waals surface area contributed by atoms with Crippen molar-refractivity contribution in [1.82, 2.24) is 5.16 Å². The van der Waals surface area contributed by atoms with Gasteiger partial charge < -0.3 is 9.63 Å². The van der Waals surface area contributed by atoms with Crippen LogP contribution in [-0.4, -0.2) is 24.7 Å². The van der Waals surface area contributed by atoms with Crippen LogP contribution >= 0.6 is 0 Å². The number of aromatic carboxylic acids is 1. The van der Waals surface area contributed by atoms with Gasteiger partial charge in [0.25, 0.3) is 0 Å². The molecule has 7 heteroatoms. The van der Waals surface area contributed by atoms with Gasteiger partial charge in [0.15, 0.2) is 15.6 Å². The molecule has 0 saturated carbocycles. The predicted octanol–water partition coefficient (Wildman–Crippen LogP) is 1.35. The molecule has 0 unspecified atom stereocenters. The second-order valence-corrected chi connectivity index (χ2v) is 5.56. The zero-order valence-corrected chi connectivity index (χ0v) is 9.92. The first-order valence-corrected chi connectivity index (χ1v) is 6.60. The molecule has 0 spiro atoms. The van der Waals surface area contributed by atoms with Crippen LogP contribution in [0.15, 0.2) is 45.9 Å². The summed E-state index contributed by atoms with van der Waals surface area (Å²) in [5, 5.41) is 12.2. The van der Waals surface area contributed by atoms with Gasteiger partial charge in [-0.2, -0.15) is 0 Å². The van der Waals surface area contributed by atoms with Gasteiger partial charge in [-0.1, -0.05) is 11.2 Å². The number of carbonyl (C=O) groups is 1. The second-order valence-electron chi connectivity index (χ2n) is 3.57. The zero-order chi connectivity index (χ0) is 13.2. The van der Waals surface area contributed by atoms with E-state index in [0.29, 0.717) is 0 Å². The topological polar surface area (TPSA) is 97.5 Å². The van der Waals surface area contributed by atoms with Crippen molar-refractivity contribution in [3.63, 3.8) is 0 Å². The van der Waals surface area contributed by atoms with Gasteiger partial charge in [0, 0.05) is 6.07 Å². The average molecular weight is 267 g/mol. The highest BCUT2D eigenvalue weighted by Gasteiger charge is 2.18. The number of aromatic nitrogens is 1. The van der Waals surface area contributed by atoms with Gasteiger partial charge in [0.05, 0.1) is 16.7 Å². The Morgan fingerprint density at radius 3 is 2.72 bits per heavy atom. The first-order valence-electron chi connectivity index (χ1n) is 4.95. The Bertz CT molecular complexity index is 661. The minimum Gasteiger partial charge on any atom is -0.478 e. The first kappa shape index (κ1) is 12.3. The third kappa shape index (κ3) is 2.57. The largest absolute Gasteiger partial charge is 0.478 e. The van der Waals surface area contributed by atoms with E-state index in [1.54, 1.807) is 0 Å². The Morgan fingerprint density at radius 1 is 1.33 bits per heavy atom. The van der Waals surface area contributed by atoms with Crippen molar-refractivity contribution in [3.8, 4) is 0 Å². The predicted molar refractivity (Wildman–Crippen MR) is 60.8 cm³/mol. The van der Waals surface area contributed by atoms with Crippen LogP contribution in [0.2, 0.25) is 0 Å². The van der Waals surface area contributed by atoms with Gasteiger partial charge >= 0.3 is 5.97 Å². The smallest absolute Gasteiger partial charge is 0.335 e. The summed E-state index contributed by atoms with van der Waals surface area (Å²) in [5.74, 6) is -1.32. The Hall–Kier alpha value is -2.15. The quantitative estimate of drug-likeness (QED) is 0.897. The molecule has 2 rings (SSSR count). The summed E-state index contributed by atoms with van der Waals surface area (Å²) in [5.41, 5.74) is -0.0753. The van der Waals surface area contributed by atoms with E-state index in [4.69, 9.17) is 9.63 Å². The molecule has 0 amide bonds. The fourth-order valence-electron chi connectivity index (χ4n) is 1.41. The molecular formula is C11H9NO5S. The molecule has 1 heterocycles. The lowest BCUT2D eigenvalue weighted by atomic mass is 10.2. The van der Waals surface area contributed by atoms with Crippen molar-refractivity contribution in [1.29, 1.82) is 0 Å². The summed E-state index contributed by atoms with van der Waals surface area (Å²) < 4.78 is 28.7. The summed E-state index contributed by atoms with van der Waals surface area (Å²) in [7, 11) is -3.64. The van der Waals surface area contributed by atoms with Crippen LogP contribution in [0.25, 0.3) is 0 Å². The molecule has 0 saturated heterocycles. The number of hydrogen-bond donors (Lipinski definition) is 1. The van der Waals surface area contributed by atoms with Crippen LogP contribution in [0.4, 0.5) is 0 Å². The lowest BCUT2D eigenvalue weighted by Gasteiger charge is -2.03. The number of carboxylic acid groups (broad SMARTS) is 1. The highest BCUT2D eigenvalue weighted by Crippen LogP contribution is 2.17.